The van der Waals surface area contributed by atoms with E-state index in [0.717, 1.165) is 32.2 Å². The second-order valence-electron chi connectivity index (χ2n) is 7.04. The van der Waals surface area contributed by atoms with Crippen molar-refractivity contribution in [1.29, 1.82) is 0 Å². The number of amides is 1. The Hall–Kier alpha value is -0.240. The summed E-state index contributed by atoms with van der Waals surface area (Å²) in [5.74, 6) is 1.31. The smallest absolute Gasteiger partial charge is 0.227 e. The van der Waals surface area contributed by atoms with Gasteiger partial charge < -0.3 is 4.90 Å². The first kappa shape index (κ1) is 14.2. The molecular formula is C15H26ClNO. The van der Waals surface area contributed by atoms with Gasteiger partial charge >= 0.3 is 0 Å². The van der Waals surface area contributed by atoms with Gasteiger partial charge in [-0.2, -0.15) is 0 Å². The van der Waals surface area contributed by atoms with Crippen LogP contribution < -0.4 is 0 Å². The summed E-state index contributed by atoms with van der Waals surface area (Å²) in [6, 6.07) is 0.448. The lowest BCUT2D eigenvalue weighted by molar-refractivity contribution is -0.134. The number of carbonyl (C=O) groups is 1. The third-order valence-corrected chi connectivity index (χ3v) is 5.87. The van der Waals surface area contributed by atoms with E-state index in [1.54, 1.807) is 0 Å². The Balaban J connectivity index is 2.01. The Bertz CT molecular complexity index is 323. The van der Waals surface area contributed by atoms with Gasteiger partial charge in [0.2, 0.25) is 5.91 Å². The Labute approximate surface area is 116 Å². The monoisotopic (exact) mass is 271 g/mol. The van der Waals surface area contributed by atoms with Gasteiger partial charge in [0, 0.05) is 24.4 Å². The molecule has 2 fully saturated rings. The summed E-state index contributed by atoms with van der Waals surface area (Å²) in [6.45, 7) is 9.84. The van der Waals surface area contributed by atoms with Crippen LogP contribution in [0, 0.1) is 16.7 Å². The number of likely N-dealkylation sites (tertiary alicyclic amines) is 1. The fourth-order valence-electron chi connectivity index (χ4n) is 3.72. The van der Waals surface area contributed by atoms with Crippen molar-refractivity contribution in [3.8, 4) is 0 Å². The van der Waals surface area contributed by atoms with E-state index in [-0.39, 0.29) is 16.7 Å². The normalized spacial score (nSPS) is 29.6. The minimum absolute atomic E-state index is 0.156. The number of hydrogen-bond donors (Lipinski definition) is 0. The maximum Gasteiger partial charge on any atom is 0.227 e. The standard InChI is InChI=1S/C15H26ClNO/c1-14(2)12(15(14,3)4)13(18)17-10-6-8-11(17)7-5-9-16/h11-12H,5-10H2,1-4H3. The maximum atomic E-state index is 12.7. The third kappa shape index (κ3) is 2.07. The van der Waals surface area contributed by atoms with Gasteiger partial charge in [-0.05, 0) is 36.5 Å². The molecular weight excluding hydrogens is 246 g/mol. The van der Waals surface area contributed by atoms with E-state index in [1.165, 1.54) is 0 Å². The zero-order chi connectivity index (χ0) is 13.6. The number of hydrogen-bond acceptors (Lipinski definition) is 1. The molecule has 0 aromatic carbocycles. The average Bonchev–Trinajstić information content (AvgIpc) is 2.68. The number of rotatable bonds is 4. The molecule has 1 saturated carbocycles. The SMILES string of the molecule is CC1(C)C(C(=O)N2CCCC2CCCCl)C1(C)C. The second kappa shape index (κ2) is 4.70. The van der Waals surface area contributed by atoms with Crippen LogP contribution in [0.25, 0.3) is 0 Å². The average molecular weight is 272 g/mol. The van der Waals surface area contributed by atoms with Crippen LogP contribution in [0.5, 0.6) is 0 Å². The largest absolute Gasteiger partial charge is 0.339 e. The molecule has 0 bridgehead atoms. The van der Waals surface area contributed by atoms with Crippen molar-refractivity contribution in [2.24, 2.45) is 16.7 Å². The first-order chi connectivity index (χ1) is 8.34. The predicted octanol–water partition coefficient (Wildman–Crippen LogP) is 3.68. The van der Waals surface area contributed by atoms with Gasteiger partial charge in [-0.25, -0.2) is 0 Å². The quantitative estimate of drug-likeness (QED) is 0.715. The Kier molecular flexibility index (Phi) is 3.70. The summed E-state index contributed by atoms with van der Waals surface area (Å²) in [5, 5.41) is 0. The molecule has 1 aliphatic heterocycles. The molecule has 1 atom stereocenters. The lowest BCUT2D eigenvalue weighted by Crippen LogP contribution is -2.38. The Morgan fingerprint density at radius 3 is 2.39 bits per heavy atom. The summed E-state index contributed by atoms with van der Waals surface area (Å²) < 4.78 is 0. The van der Waals surface area contributed by atoms with Crippen LogP contribution in [0.1, 0.15) is 53.4 Å². The van der Waals surface area contributed by atoms with Crippen molar-refractivity contribution in [3.05, 3.63) is 0 Å². The number of alkyl halides is 1. The lowest BCUT2D eigenvalue weighted by atomic mass is 10.0. The first-order valence-electron chi connectivity index (χ1n) is 7.20. The van der Waals surface area contributed by atoms with Crippen LogP contribution in [0.4, 0.5) is 0 Å². The van der Waals surface area contributed by atoms with Crippen molar-refractivity contribution in [1.82, 2.24) is 4.90 Å². The van der Waals surface area contributed by atoms with E-state index in [2.05, 4.69) is 32.6 Å². The van der Waals surface area contributed by atoms with Gasteiger partial charge in [0.05, 0.1) is 0 Å². The van der Waals surface area contributed by atoms with Crippen molar-refractivity contribution < 1.29 is 4.79 Å². The van der Waals surface area contributed by atoms with Crippen LogP contribution in [0.15, 0.2) is 0 Å². The molecule has 2 rings (SSSR count). The van der Waals surface area contributed by atoms with Crippen molar-refractivity contribution in [2.45, 2.75) is 59.4 Å². The molecule has 1 heterocycles. The van der Waals surface area contributed by atoms with E-state index in [9.17, 15) is 4.79 Å². The third-order valence-electron chi connectivity index (χ3n) is 5.60. The Morgan fingerprint density at radius 1 is 1.28 bits per heavy atom. The van der Waals surface area contributed by atoms with Crippen LogP contribution in [0.3, 0.4) is 0 Å². The first-order valence-corrected chi connectivity index (χ1v) is 7.74. The minimum atomic E-state index is 0.156. The molecule has 1 unspecified atom stereocenters. The van der Waals surface area contributed by atoms with Gasteiger partial charge in [0.25, 0.3) is 0 Å². The molecule has 0 N–H and O–H groups in total. The van der Waals surface area contributed by atoms with Gasteiger partial charge in [-0.3, -0.25) is 4.79 Å². The van der Waals surface area contributed by atoms with Gasteiger partial charge in [-0.1, -0.05) is 27.7 Å². The summed E-state index contributed by atoms with van der Waals surface area (Å²) in [4.78, 5) is 14.9. The second-order valence-corrected chi connectivity index (χ2v) is 7.41. The molecule has 0 aromatic rings. The van der Waals surface area contributed by atoms with E-state index in [1.807, 2.05) is 0 Å². The molecule has 1 amide bonds. The molecule has 18 heavy (non-hydrogen) atoms. The summed E-state index contributed by atoms with van der Waals surface area (Å²) in [6.07, 6.45) is 4.42. The maximum absolute atomic E-state index is 12.7. The highest BCUT2D eigenvalue weighted by molar-refractivity contribution is 6.17. The molecule has 1 saturated heterocycles. The van der Waals surface area contributed by atoms with Crippen LogP contribution >= 0.6 is 11.6 Å². The summed E-state index contributed by atoms with van der Waals surface area (Å²) >= 11 is 5.77. The highest BCUT2D eigenvalue weighted by atomic mass is 35.5. The fourth-order valence-corrected chi connectivity index (χ4v) is 3.87. The minimum Gasteiger partial charge on any atom is -0.339 e. The van der Waals surface area contributed by atoms with Crippen LogP contribution in [0.2, 0.25) is 0 Å². The molecule has 2 nitrogen and oxygen atoms in total. The molecule has 0 aromatic heterocycles. The van der Waals surface area contributed by atoms with Crippen molar-refractivity contribution >= 4 is 17.5 Å². The summed E-state index contributed by atoms with van der Waals surface area (Å²) in [7, 11) is 0. The number of nitrogens with zero attached hydrogens (tertiary/aromatic N) is 1. The van der Waals surface area contributed by atoms with Crippen LogP contribution in [-0.4, -0.2) is 29.3 Å². The molecule has 1 aliphatic carbocycles. The van der Waals surface area contributed by atoms with Gasteiger partial charge in [0.15, 0.2) is 0 Å². The zero-order valence-electron chi connectivity index (χ0n) is 12.1. The van der Waals surface area contributed by atoms with Gasteiger partial charge in [-0.15, -0.1) is 11.6 Å². The highest BCUT2D eigenvalue weighted by Crippen LogP contribution is 2.69. The van der Waals surface area contributed by atoms with E-state index in [0.29, 0.717) is 17.8 Å². The zero-order valence-corrected chi connectivity index (χ0v) is 12.9. The molecule has 0 spiro atoms. The molecule has 3 heteroatoms. The molecule has 2 aliphatic rings. The highest BCUT2D eigenvalue weighted by Gasteiger charge is 2.69. The van der Waals surface area contributed by atoms with Crippen LogP contribution in [-0.2, 0) is 4.79 Å². The van der Waals surface area contributed by atoms with Crippen molar-refractivity contribution in [3.63, 3.8) is 0 Å². The predicted molar refractivity (Wildman–Crippen MR) is 75.7 cm³/mol. The molecule has 104 valence electrons. The topological polar surface area (TPSA) is 20.3 Å². The number of halogens is 1. The van der Waals surface area contributed by atoms with E-state index < -0.39 is 0 Å². The van der Waals surface area contributed by atoms with E-state index >= 15 is 0 Å². The van der Waals surface area contributed by atoms with Crippen molar-refractivity contribution in [2.75, 3.05) is 12.4 Å². The lowest BCUT2D eigenvalue weighted by Gasteiger charge is -2.25. The van der Waals surface area contributed by atoms with E-state index in [4.69, 9.17) is 11.6 Å². The molecule has 0 radical (unpaired) electrons. The number of carbonyl (C=O) groups excluding carboxylic acids is 1. The Morgan fingerprint density at radius 2 is 1.89 bits per heavy atom. The van der Waals surface area contributed by atoms with Gasteiger partial charge in [0.1, 0.15) is 0 Å². The summed E-state index contributed by atoms with van der Waals surface area (Å²) in [5.41, 5.74) is 0.313. The fraction of sp³-hybridized carbons (Fsp3) is 0.933.